The Hall–Kier alpha value is -1.89. The molecule has 0 amide bonds. The van der Waals surface area contributed by atoms with Crippen molar-refractivity contribution >= 4 is 46.0 Å². The summed E-state index contributed by atoms with van der Waals surface area (Å²) in [5.41, 5.74) is 2.02. The van der Waals surface area contributed by atoms with Crippen LogP contribution in [0.1, 0.15) is 10.4 Å². The smallest absolute Gasteiger partial charge is 0.271 e. The van der Waals surface area contributed by atoms with Gasteiger partial charge in [0.05, 0.1) is 4.53 Å². The van der Waals surface area contributed by atoms with Crippen molar-refractivity contribution in [1.82, 2.24) is 4.57 Å². The number of aryl methyl sites for hydroxylation is 1. The van der Waals surface area contributed by atoms with Crippen LogP contribution >= 0.6 is 34.3 Å². The molecule has 0 aliphatic carbocycles. The van der Waals surface area contributed by atoms with Crippen molar-refractivity contribution in [3.8, 4) is 0 Å². The highest BCUT2D eigenvalue weighted by Crippen LogP contribution is 2.23. The summed E-state index contributed by atoms with van der Waals surface area (Å²) in [4.78, 5) is 21.1. The highest BCUT2D eigenvalue weighted by molar-refractivity contribution is 7.11. The fourth-order valence-corrected chi connectivity index (χ4v) is 4.42. The number of thiophene rings is 1. The van der Waals surface area contributed by atoms with Crippen LogP contribution in [0.3, 0.4) is 0 Å². The number of aromatic nitrogens is 1. The van der Waals surface area contributed by atoms with E-state index in [0.717, 1.165) is 30.5 Å². The molecular weight excluding hydrogens is 362 g/mol. The fourth-order valence-electron chi connectivity index (χ4n) is 2.56. The molecule has 0 saturated carbocycles. The molecule has 4 rings (SSSR count). The third-order valence-corrected chi connectivity index (χ3v) is 6.18. The molecule has 0 bridgehead atoms. The van der Waals surface area contributed by atoms with Crippen LogP contribution in [0.4, 0.5) is 5.69 Å². The Labute approximate surface area is 151 Å². The van der Waals surface area contributed by atoms with Gasteiger partial charge < -0.3 is 4.90 Å². The summed E-state index contributed by atoms with van der Waals surface area (Å²) in [6.07, 6.45) is 1.94. The molecule has 2 aromatic heterocycles. The van der Waals surface area contributed by atoms with E-state index in [1.54, 1.807) is 15.9 Å². The van der Waals surface area contributed by atoms with E-state index in [1.165, 1.54) is 11.3 Å². The largest absolute Gasteiger partial charge is 0.334 e. The molecule has 7 heteroatoms. The molecule has 0 atom stereocenters. The molecule has 0 radical (unpaired) electrons. The molecule has 0 saturated heterocycles. The predicted molar refractivity (Wildman–Crippen MR) is 101 cm³/mol. The van der Waals surface area contributed by atoms with Crippen molar-refractivity contribution < 1.29 is 0 Å². The van der Waals surface area contributed by atoms with Crippen LogP contribution in [0, 0.1) is 6.92 Å². The molecule has 0 spiro atoms. The maximum atomic E-state index is 12.7. The zero-order valence-corrected chi connectivity index (χ0v) is 15.3. The van der Waals surface area contributed by atoms with Gasteiger partial charge >= 0.3 is 0 Å². The van der Waals surface area contributed by atoms with Crippen LogP contribution in [0.15, 0.2) is 45.5 Å². The Morgan fingerprint density at radius 3 is 2.96 bits per heavy atom. The molecule has 0 unspecified atom stereocenters. The Kier molecular flexibility index (Phi) is 4.04. The standard InChI is InChI=1S/C17H14ClN3OS2/c1-11-4-5-12(7-14(11)18)20-9-19-17-21(10-20)16(22)15(24-17)8-13-3-2-6-23-13/h2-8H,9-10H2,1H3/b15-8-. The van der Waals surface area contributed by atoms with Crippen LogP contribution in [-0.4, -0.2) is 11.2 Å². The second-order valence-electron chi connectivity index (χ2n) is 5.56. The van der Waals surface area contributed by atoms with Crippen LogP contribution in [0.2, 0.25) is 5.02 Å². The molecular formula is C17H14ClN3OS2. The number of nitrogens with zero attached hydrogens (tertiary/aromatic N) is 3. The number of halogens is 1. The van der Waals surface area contributed by atoms with Gasteiger partial charge in [-0.2, -0.15) is 0 Å². The molecule has 1 aliphatic heterocycles. The third-order valence-electron chi connectivity index (χ3n) is 3.91. The molecule has 24 heavy (non-hydrogen) atoms. The van der Waals surface area contributed by atoms with Crippen molar-refractivity contribution in [1.29, 1.82) is 0 Å². The second-order valence-corrected chi connectivity index (χ2v) is 7.95. The van der Waals surface area contributed by atoms with Gasteiger partial charge in [-0.15, -0.1) is 11.3 Å². The topological polar surface area (TPSA) is 37.6 Å². The quantitative estimate of drug-likeness (QED) is 0.690. The van der Waals surface area contributed by atoms with Gasteiger partial charge in [-0.3, -0.25) is 9.36 Å². The van der Waals surface area contributed by atoms with E-state index in [9.17, 15) is 4.79 Å². The lowest BCUT2D eigenvalue weighted by Crippen LogP contribution is -2.42. The third kappa shape index (κ3) is 2.81. The highest BCUT2D eigenvalue weighted by Gasteiger charge is 2.16. The van der Waals surface area contributed by atoms with E-state index in [0.29, 0.717) is 13.3 Å². The van der Waals surface area contributed by atoms with Crippen molar-refractivity contribution in [3.63, 3.8) is 0 Å². The monoisotopic (exact) mass is 375 g/mol. The lowest BCUT2D eigenvalue weighted by molar-refractivity contribution is 0.569. The zero-order chi connectivity index (χ0) is 16.7. The maximum Gasteiger partial charge on any atom is 0.271 e. The zero-order valence-electron chi connectivity index (χ0n) is 12.9. The summed E-state index contributed by atoms with van der Waals surface area (Å²) in [6.45, 7) is 2.99. The minimum Gasteiger partial charge on any atom is -0.334 e. The number of hydrogen-bond acceptors (Lipinski definition) is 5. The molecule has 4 nitrogen and oxygen atoms in total. The normalized spacial score (nSPS) is 14.6. The summed E-state index contributed by atoms with van der Waals surface area (Å²) >= 11 is 9.29. The molecule has 0 fully saturated rings. The fraction of sp³-hybridized carbons (Fsp3) is 0.176. The van der Waals surface area contributed by atoms with Gasteiger partial charge in [-0.25, -0.2) is 4.99 Å². The van der Waals surface area contributed by atoms with Crippen molar-refractivity contribution in [2.24, 2.45) is 4.99 Å². The minimum absolute atomic E-state index is 0.00931. The maximum absolute atomic E-state index is 12.7. The van der Waals surface area contributed by atoms with Gasteiger partial charge in [0.15, 0.2) is 4.80 Å². The molecule has 3 aromatic rings. The van der Waals surface area contributed by atoms with Crippen LogP contribution in [0.5, 0.6) is 0 Å². The predicted octanol–water partition coefficient (Wildman–Crippen LogP) is 2.82. The van der Waals surface area contributed by atoms with Crippen molar-refractivity contribution in [3.05, 3.63) is 70.9 Å². The lowest BCUT2D eigenvalue weighted by atomic mass is 10.2. The average Bonchev–Trinajstić information content (AvgIpc) is 3.19. The first-order valence-corrected chi connectivity index (χ1v) is 9.50. The Morgan fingerprint density at radius 1 is 1.33 bits per heavy atom. The van der Waals surface area contributed by atoms with Gasteiger partial charge in [0.2, 0.25) is 0 Å². The molecule has 0 N–H and O–H groups in total. The number of rotatable bonds is 2. The van der Waals surface area contributed by atoms with E-state index in [1.807, 2.05) is 53.6 Å². The van der Waals surface area contributed by atoms with Gasteiger partial charge in [-0.05, 0) is 42.1 Å². The minimum atomic E-state index is 0.00931. The van der Waals surface area contributed by atoms with E-state index in [4.69, 9.17) is 11.6 Å². The Bertz CT molecular complexity index is 1070. The van der Waals surface area contributed by atoms with E-state index in [-0.39, 0.29) is 5.56 Å². The van der Waals surface area contributed by atoms with Gasteiger partial charge in [0.25, 0.3) is 5.56 Å². The second kappa shape index (κ2) is 6.20. The van der Waals surface area contributed by atoms with Crippen molar-refractivity contribution in [2.75, 3.05) is 11.6 Å². The first-order chi connectivity index (χ1) is 11.6. The van der Waals surface area contributed by atoms with Crippen LogP contribution in [-0.2, 0) is 6.67 Å². The summed E-state index contributed by atoms with van der Waals surface area (Å²) < 4.78 is 2.45. The molecule has 3 heterocycles. The molecule has 1 aromatic carbocycles. The summed E-state index contributed by atoms with van der Waals surface area (Å²) in [5.74, 6) is 0. The van der Waals surface area contributed by atoms with E-state index in [2.05, 4.69) is 4.99 Å². The van der Waals surface area contributed by atoms with Crippen LogP contribution in [0.25, 0.3) is 6.08 Å². The molecule has 1 aliphatic rings. The van der Waals surface area contributed by atoms with E-state index >= 15 is 0 Å². The van der Waals surface area contributed by atoms with E-state index < -0.39 is 0 Å². The first kappa shape index (κ1) is 15.6. The van der Waals surface area contributed by atoms with Gasteiger partial charge in [0, 0.05) is 15.6 Å². The highest BCUT2D eigenvalue weighted by atomic mass is 35.5. The molecule has 122 valence electrons. The number of anilines is 1. The lowest BCUT2D eigenvalue weighted by Gasteiger charge is -2.26. The Balaban J connectivity index is 1.72. The summed E-state index contributed by atoms with van der Waals surface area (Å²) in [6, 6.07) is 9.91. The summed E-state index contributed by atoms with van der Waals surface area (Å²) in [7, 11) is 0. The van der Waals surface area contributed by atoms with Crippen LogP contribution < -0.4 is 19.8 Å². The van der Waals surface area contributed by atoms with Crippen molar-refractivity contribution in [2.45, 2.75) is 13.6 Å². The Morgan fingerprint density at radius 2 is 2.21 bits per heavy atom. The first-order valence-electron chi connectivity index (χ1n) is 7.42. The SMILES string of the molecule is Cc1ccc(N2CN=c3s/c(=C\c4cccs4)c(=O)n3C2)cc1Cl. The summed E-state index contributed by atoms with van der Waals surface area (Å²) in [5, 5.41) is 2.73. The average molecular weight is 376 g/mol. The van der Waals surface area contributed by atoms with Gasteiger partial charge in [-0.1, -0.05) is 35.1 Å². The van der Waals surface area contributed by atoms with Gasteiger partial charge in [0.1, 0.15) is 13.3 Å². The number of benzene rings is 1. The number of thiazole rings is 1. The number of fused-ring (bicyclic) bond motifs is 1. The number of hydrogen-bond donors (Lipinski definition) is 0.